The van der Waals surface area contributed by atoms with Crippen LogP contribution in [0.5, 0.6) is 5.75 Å². The van der Waals surface area contributed by atoms with Gasteiger partial charge in [0.15, 0.2) is 6.61 Å². The molecule has 0 spiro atoms. The maximum Gasteiger partial charge on any atom is 0.261 e. The first-order chi connectivity index (χ1) is 17.2. The van der Waals surface area contributed by atoms with Crippen molar-refractivity contribution in [3.8, 4) is 5.75 Å². The van der Waals surface area contributed by atoms with Crippen molar-refractivity contribution in [3.63, 3.8) is 0 Å². The van der Waals surface area contributed by atoms with E-state index >= 15 is 0 Å². The zero-order chi connectivity index (χ0) is 26.1. The summed E-state index contributed by atoms with van der Waals surface area (Å²) in [5, 5.41) is 3.98. The molecule has 2 amide bonds. The molecular formula is C28H29BrCl2N2O3. The van der Waals surface area contributed by atoms with Gasteiger partial charge >= 0.3 is 0 Å². The zero-order valence-electron chi connectivity index (χ0n) is 20.2. The van der Waals surface area contributed by atoms with E-state index in [9.17, 15) is 9.59 Å². The van der Waals surface area contributed by atoms with Crippen molar-refractivity contribution >= 4 is 50.9 Å². The summed E-state index contributed by atoms with van der Waals surface area (Å²) in [4.78, 5) is 28.6. The Bertz CT molecular complexity index is 1160. The van der Waals surface area contributed by atoms with Gasteiger partial charge in [0.2, 0.25) is 5.91 Å². The van der Waals surface area contributed by atoms with Crippen LogP contribution < -0.4 is 10.1 Å². The third-order valence-electron chi connectivity index (χ3n) is 5.47. The lowest BCUT2D eigenvalue weighted by Gasteiger charge is -2.31. The number of halogens is 3. The van der Waals surface area contributed by atoms with Crippen molar-refractivity contribution < 1.29 is 14.3 Å². The highest BCUT2D eigenvalue weighted by Crippen LogP contribution is 2.28. The Morgan fingerprint density at radius 2 is 1.67 bits per heavy atom. The van der Waals surface area contributed by atoms with Gasteiger partial charge in [-0.1, -0.05) is 95.4 Å². The molecule has 3 aromatic carbocycles. The molecule has 0 saturated carbocycles. The van der Waals surface area contributed by atoms with Crippen LogP contribution in [0.3, 0.4) is 0 Å². The van der Waals surface area contributed by atoms with Gasteiger partial charge in [-0.25, -0.2) is 0 Å². The molecule has 0 heterocycles. The van der Waals surface area contributed by atoms with Gasteiger partial charge in [-0.15, -0.1) is 0 Å². The molecule has 0 saturated heterocycles. The van der Waals surface area contributed by atoms with Crippen LogP contribution >= 0.6 is 39.1 Å². The molecule has 3 aromatic rings. The van der Waals surface area contributed by atoms with Crippen LogP contribution in [0.1, 0.15) is 25.0 Å². The first-order valence-electron chi connectivity index (χ1n) is 11.7. The summed E-state index contributed by atoms with van der Waals surface area (Å²) in [6, 6.07) is 21.3. The summed E-state index contributed by atoms with van der Waals surface area (Å²) in [5.41, 5.74) is 1.80. The molecule has 36 heavy (non-hydrogen) atoms. The van der Waals surface area contributed by atoms with Crippen molar-refractivity contribution in [2.24, 2.45) is 5.92 Å². The number of benzene rings is 3. The maximum absolute atomic E-state index is 13.6. The van der Waals surface area contributed by atoms with E-state index in [2.05, 4.69) is 21.2 Å². The Labute approximate surface area is 230 Å². The monoisotopic (exact) mass is 590 g/mol. The molecule has 190 valence electrons. The molecule has 1 unspecified atom stereocenters. The number of rotatable bonds is 11. The molecular weight excluding hydrogens is 563 g/mol. The van der Waals surface area contributed by atoms with Crippen LogP contribution in [0.25, 0.3) is 0 Å². The maximum atomic E-state index is 13.6. The normalized spacial score (nSPS) is 11.7. The van der Waals surface area contributed by atoms with Crippen LogP contribution in [0.15, 0.2) is 77.3 Å². The average molecular weight is 592 g/mol. The SMILES string of the molecule is CC(C)CNC(=O)C(Cc1ccccc1)N(Cc1ccc(Cl)cc1)C(=O)COc1ccc(Br)cc1Cl. The van der Waals surface area contributed by atoms with E-state index in [4.69, 9.17) is 27.9 Å². The van der Waals surface area contributed by atoms with Gasteiger partial charge in [-0.05, 0) is 47.4 Å². The number of carbonyl (C=O) groups is 2. The highest BCUT2D eigenvalue weighted by Gasteiger charge is 2.30. The average Bonchev–Trinajstić information content (AvgIpc) is 2.85. The van der Waals surface area contributed by atoms with Crippen LogP contribution in [0, 0.1) is 5.92 Å². The van der Waals surface area contributed by atoms with Gasteiger partial charge in [-0.2, -0.15) is 0 Å². The molecule has 1 N–H and O–H groups in total. The van der Waals surface area contributed by atoms with Crippen molar-refractivity contribution in [2.45, 2.75) is 32.9 Å². The van der Waals surface area contributed by atoms with E-state index in [1.165, 1.54) is 0 Å². The molecule has 0 aliphatic carbocycles. The van der Waals surface area contributed by atoms with Crippen LogP contribution in [0.4, 0.5) is 0 Å². The fraction of sp³-hybridized carbons (Fsp3) is 0.286. The fourth-order valence-electron chi connectivity index (χ4n) is 3.58. The molecule has 1 atom stereocenters. The van der Waals surface area contributed by atoms with Crippen molar-refractivity contribution in [1.29, 1.82) is 0 Å². The largest absolute Gasteiger partial charge is 0.482 e. The minimum Gasteiger partial charge on any atom is -0.482 e. The van der Waals surface area contributed by atoms with Crippen molar-refractivity contribution in [1.82, 2.24) is 10.2 Å². The molecule has 3 rings (SSSR count). The summed E-state index contributed by atoms with van der Waals surface area (Å²) in [5.74, 6) is 0.124. The lowest BCUT2D eigenvalue weighted by atomic mass is 10.0. The number of hydrogen-bond acceptors (Lipinski definition) is 3. The Kier molecular flexibility index (Phi) is 10.7. The minimum absolute atomic E-state index is 0.212. The van der Waals surface area contributed by atoms with Gasteiger partial charge in [0.05, 0.1) is 5.02 Å². The summed E-state index contributed by atoms with van der Waals surface area (Å²) in [6.45, 7) is 4.52. The molecule has 0 aliphatic heterocycles. The quantitative estimate of drug-likeness (QED) is 0.275. The minimum atomic E-state index is -0.738. The predicted molar refractivity (Wildman–Crippen MR) is 148 cm³/mol. The van der Waals surface area contributed by atoms with E-state index in [1.54, 1.807) is 35.2 Å². The van der Waals surface area contributed by atoms with Crippen molar-refractivity contribution in [2.75, 3.05) is 13.2 Å². The van der Waals surface area contributed by atoms with E-state index in [1.807, 2.05) is 56.3 Å². The summed E-state index contributed by atoms with van der Waals surface area (Å²) < 4.78 is 6.58. The summed E-state index contributed by atoms with van der Waals surface area (Å²) in [7, 11) is 0. The topological polar surface area (TPSA) is 58.6 Å². The molecule has 0 aromatic heterocycles. The second-order valence-electron chi connectivity index (χ2n) is 8.86. The molecule has 8 heteroatoms. The van der Waals surface area contributed by atoms with Gasteiger partial charge in [0.25, 0.3) is 5.91 Å². The van der Waals surface area contributed by atoms with Crippen LogP contribution in [0.2, 0.25) is 10.0 Å². The number of ether oxygens (including phenoxy) is 1. The number of nitrogens with one attached hydrogen (secondary N) is 1. The molecule has 0 bridgehead atoms. The van der Waals surface area contributed by atoms with Gasteiger partial charge in [-0.3, -0.25) is 9.59 Å². The number of amides is 2. The van der Waals surface area contributed by atoms with Crippen LogP contribution in [-0.2, 0) is 22.6 Å². The second kappa shape index (κ2) is 13.7. The lowest BCUT2D eigenvalue weighted by Crippen LogP contribution is -2.52. The molecule has 0 aliphatic rings. The van der Waals surface area contributed by atoms with E-state index in [0.29, 0.717) is 28.8 Å². The van der Waals surface area contributed by atoms with Gasteiger partial charge < -0.3 is 15.0 Å². The number of hydrogen-bond donors (Lipinski definition) is 1. The Morgan fingerprint density at radius 3 is 2.31 bits per heavy atom. The lowest BCUT2D eigenvalue weighted by molar-refractivity contribution is -0.142. The highest BCUT2D eigenvalue weighted by atomic mass is 79.9. The Morgan fingerprint density at radius 1 is 0.972 bits per heavy atom. The third-order valence-corrected chi connectivity index (χ3v) is 6.51. The van der Waals surface area contributed by atoms with Gasteiger partial charge in [0.1, 0.15) is 11.8 Å². The Hall–Kier alpha value is -2.54. The molecule has 5 nitrogen and oxygen atoms in total. The highest BCUT2D eigenvalue weighted by molar-refractivity contribution is 9.10. The zero-order valence-corrected chi connectivity index (χ0v) is 23.3. The van der Waals surface area contributed by atoms with Crippen molar-refractivity contribution in [3.05, 3.63) is 98.4 Å². The van der Waals surface area contributed by atoms with E-state index < -0.39 is 6.04 Å². The smallest absolute Gasteiger partial charge is 0.261 e. The summed E-state index contributed by atoms with van der Waals surface area (Å²) >= 11 is 15.7. The van der Waals surface area contributed by atoms with Crippen LogP contribution in [-0.4, -0.2) is 35.9 Å². The fourth-order valence-corrected chi connectivity index (χ4v) is 4.43. The standard InChI is InChI=1S/C28H29BrCl2N2O3/c1-19(2)16-32-28(35)25(14-20-6-4-3-5-7-20)33(17-21-8-11-23(30)12-9-21)27(34)18-36-26-13-10-22(29)15-24(26)31/h3-13,15,19,25H,14,16-18H2,1-2H3,(H,32,35). The number of nitrogens with zero attached hydrogens (tertiary/aromatic N) is 1. The first-order valence-corrected chi connectivity index (χ1v) is 13.2. The van der Waals surface area contributed by atoms with Gasteiger partial charge in [0, 0.05) is 29.0 Å². The predicted octanol–water partition coefficient (Wildman–Crippen LogP) is 6.55. The number of carbonyl (C=O) groups excluding carboxylic acids is 2. The summed E-state index contributed by atoms with van der Waals surface area (Å²) in [6.07, 6.45) is 0.364. The molecule has 0 radical (unpaired) electrons. The third kappa shape index (κ3) is 8.54. The first kappa shape index (κ1) is 28.0. The Balaban J connectivity index is 1.90. The molecule has 0 fully saturated rings. The second-order valence-corrected chi connectivity index (χ2v) is 10.6. The van der Waals surface area contributed by atoms with E-state index in [0.717, 1.165) is 15.6 Å². The van der Waals surface area contributed by atoms with E-state index in [-0.39, 0.29) is 30.9 Å².